The van der Waals surface area contributed by atoms with Gasteiger partial charge in [0.1, 0.15) is 11.9 Å². The number of hydrogen-bond donors (Lipinski definition) is 0. The number of carbonyl (C=O) groups excluding carboxylic acids is 2. The van der Waals surface area contributed by atoms with Gasteiger partial charge in [-0.05, 0) is 36.1 Å². The number of ether oxygens (including phenoxy) is 1. The van der Waals surface area contributed by atoms with Crippen LogP contribution in [0.2, 0.25) is 5.02 Å². The maximum absolute atomic E-state index is 12.3. The highest BCUT2D eigenvalue weighted by Crippen LogP contribution is 2.22. The Kier molecular flexibility index (Phi) is 6.69. The first-order valence-electron chi connectivity index (χ1n) is 8.88. The van der Waals surface area contributed by atoms with E-state index in [0.29, 0.717) is 37.4 Å². The molecule has 0 N–H and O–H groups in total. The summed E-state index contributed by atoms with van der Waals surface area (Å²) < 4.78 is 5.95. The summed E-state index contributed by atoms with van der Waals surface area (Å²) in [7, 11) is 0. The van der Waals surface area contributed by atoms with Crippen LogP contribution >= 0.6 is 22.9 Å². The number of rotatable bonds is 7. The number of hydrogen-bond acceptors (Lipinski definition) is 4. The quantitative estimate of drug-likeness (QED) is 0.635. The molecule has 0 saturated carbocycles. The van der Waals surface area contributed by atoms with Crippen molar-refractivity contribution in [2.24, 2.45) is 0 Å². The van der Waals surface area contributed by atoms with Crippen LogP contribution < -0.4 is 4.74 Å². The number of nitrogens with zero attached hydrogens (tertiary/aromatic N) is 1. The van der Waals surface area contributed by atoms with Gasteiger partial charge in [0.05, 0.1) is 4.88 Å². The molecule has 1 aromatic heterocycles. The van der Waals surface area contributed by atoms with Crippen LogP contribution in [-0.2, 0) is 4.79 Å². The van der Waals surface area contributed by atoms with Gasteiger partial charge in [0, 0.05) is 43.8 Å². The number of benzene rings is 1. The van der Waals surface area contributed by atoms with E-state index in [4.69, 9.17) is 16.3 Å². The van der Waals surface area contributed by atoms with Gasteiger partial charge < -0.3 is 9.64 Å². The van der Waals surface area contributed by atoms with Crippen LogP contribution in [0.1, 0.15) is 41.8 Å². The molecule has 6 heteroatoms. The van der Waals surface area contributed by atoms with Gasteiger partial charge in [-0.3, -0.25) is 9.59 Å². The molecule has 1 aliphatic rings. The minimum atomic E-state index is 0.109. The van der Waals surface area contributed by atoms with Crippen LogP contribution in [0.25, 0.3) is 0 Å². The predicted molar refractivity (Wildman–Crippen MR) is 104 cm³/mol. The highest BCUT2D eigenvalue weighted by molar-refractivity contribution is 7.12. The van der Waals surface area contributed by atoms with E-state index in [9.17, 15) is 9.59 Å². The molecule has 2 heterocycles. The molecule has 26 heavy (non-hydrogen) atoms. The lowest BCUT2D eigenvalue weighted by Gasteiger charge is -2.32. The average Bonchev–Trinajstić information content (AvgIpc) is 3.17. The van der Waals surface area contributed by atoms with Gasteiger partial charge in [0.2, 0.25) is 5.91 Å². The Balaban J connectivity index is 1.37. The predicted octanol–water partition coefficient (Wildman–Crippen LogP) is 4.82. The Hall–Kier alpha value is -1.85. The maximum atomic E-state index is 12.3. The third kappa shape index (κ3) is 5.32. The van der Waals surface area contributed by atoms with Crippen molar-refractivity contribution in [3.8, 4) is 5.75 Å². The third-order valence-electron chi connectivity index (χ3n) is 4.48. The van der Waals surface area contributed by atoms with Crippen molar-refractivity contribution in [3.63, 3.8) is 0 Å². The number of halogens is 1. The Morgan fingerprint density at radius 1 is 1.15 bits per heavy atom. The van der Waals surface area contributed by atoms with E-state index in [0.717, 1.165) is 23.5 Å². The minimum Gasteiger partial charge on any atom is -0.490 e. The number of ketones is 1. The smallest absolute Gasteiger partial charge is 0.222 e. The fraction of sp³-hybridized carbons (Fsp3) is 0.400. The Morgan fingerprint density at radius 3 is 2.65 bits per heavy atom. The van der Waals surface area contributed by atoms with Gasteiger partial charge in [-0.25, -0.2) is 0 Å². The van der Waals surface area contributed by atoms with Crippen LogP contribution in [0.4, 0.5) is 0 Å². The van der Waals surface area contributed by atoms with E-state index >= 15 is 0 Å². The zero-order valence-electron chi connectivity index (χ0n) is 14.5. The zero-order chi connectivity index (χ0) is 18.4. The van der Waals surface area contributed by atoms with Gasteiger partial charge in [-0.15, -0.1) is 11.3 Å². The molecular weight excluding hydrogens is 370 g/mol. The van der Waals surface area contributed by atoms with Crippen LogP contribution in [0.5, 0.6) is 5.75 Å². The van der Waals surface area contributed by atoms with Crippen LogP contribution in [0, 0.1) is 0 Å². The van der Waals surface area contributed by atoms with Gasteiger partial charge in [0.15, 0.2) is 5.78 Å². The molecule has 0 unspecified atom stereocenters. The second-order valence-electron chi connectivity index (χ2n) is 6.41. The fourth-order valence-electron chi connectivity index (χ4n) is 3.07. The number of likely N-dealkylation sites (tertiary alicyclic amines) is 1. The second kappa shape index (κ2) is 9.19. The number of piperidine rings is 1. The first-order valence-corrected chi connectivity index (χ1v) is 10.1. The number of carbonyl (C=O) groups is 2. The third-order valence-corrected chi connectivity index (χ3v) is 5.63. The summed E-state index contributed by atoms with van der Waals surface area (Å²) in [5.41, 5.74) is 0. The molecule has 0 radical (unpaired) electrons. The molecule has 1 saturated heterocycles. The average molecular weight is 392 g/mol. The second-order valence-corrected chi connectivity index (χ2v) is 7.79. The van der Waals surface area contributed by atoms with Crippen molar-refractivity contribution < 1.29 is 14.3 Å². The molecule has 138 valence electrons. The normalized spacial score (nSPS) is 15.0. The van der Waals surface area contributed by atoms with E-state index in [1.54, 1.807) is 0 Å². The van der Waals surface area contributed by atoms with Gasteiger partial charge in [-0.2, -0.15) is 0 Å². The summed E-state index contributed by atoms with van der Waals surface area (Å²) in [4.78, 5) is 27.0. The van der Waals surface area contributed by atoms with Crippen molar-refractivity contribution in [1.29, 1.82) is 0 Å². The summed E-state index contributed by atoms with van der Waals surface area (Å²) in [6, 6.07) is 11.1. The van der Waals surface area contributed by atoms with Crippen molar-refractivity contribution in [3.05, 3.63) is 51.7 Å². The van der Waals surface area contributed by atoms with E-state index < -0.39 is 0 Å². The molecular formula is C20H22ClNO3S. The van der Waals surface area contributed by atoms with Gasteiger partial charge in [-0.1, -0.05) is 23.7 Å². The van der Waals surface area contributed by atoms with Gasteiger partial charge in [0.25, 0.3) is 0 Å². The van der Waals surface area contributed by atoms with E-state index in [2.05, 4.69) is 0 Å². The molecule has 1 fully saturated rings. The van der Waals surface area contributed by atoms with Crippen LogP contribution in [0.3, 0.4) is 0 Å². The monoisotopic (exact) mass is 391 g/mol. The number of thiophene rings is 1. The van der Waals surface area contributed by atoms with Gasteiger partial charge >= 0.3 is 0 Å². The van der Waals surface area contributed by atoms with E-state index in [1.807, 2.05) is 46.7 Å². The Bertz CT molecular complexity index is 739. The maximum Gasteiger partial charge on any atom is 0.222 e. The molecule has 1 aromatic carbocycles. The zero-order valence-corrected chi connectivity index (χ0v) is 16.1. The summed E-state index contributed by atoms with van der Waals surface area (Å²) in [5, 5.41) is 2.56. The summed E-state index contributed by atoms with van der Waals surface area (Å²) in [6.07, 6.45) is 3.20. The van der Waals surface area contributed by atoms with Crippen LogP contribution in [0.15, 0.2) is 41.8 Å². The highest BCUT2D eigenvalue weighted by Gasteiger charge is 2.23. The molecule has 3 rings (SSSR count). The summed E-state index contributed by atoms with van der Waals surface area (Å²) in [6.45, 7) is 1.39. The van der Waals surface area contributed by atoms with Crippen molar-refractivity contribution in [2.45, 2.75) is 38.2 Å². The molecule has 0 atom stereocenters. The summed E-state index contributed by atoms with van der Waals surface area (Å²) >= 11 is 7.43. The first kappa shape index (κ1) is 18.9. The minimum absolute atomic E-state index is 0.109. The lowest BCUT2D eigenvalue weighted by Crippen LogP contribution is -2.41. The van der Waals surface area contributed by atoms with Crippen molar-refractivity contribution in [2.75, 3.05) is 13.1 Å². The number of amides is 1. The number of Topliss-reactive ketones (excluding diaryl/α,β-unsaturated/α-hetero) is 1. The highest BCUT2D eigenvalue weighted by atomic mass is 35.5. The lowest BCUT2D eigenvalue weighted by molar-refractivity contribution is -0.133. The molecule has 2 aromatic rings. The molecule has 0 spiro atoms. The van der Waals surface area contributed by atoms with E-state index in [1.165, 1.54) is 11.3 Å². The Labute approximate surface area is 162 Å². The topological polar surface area (TPSA) is 46.6 Å². The molecule has 0 bridgehead atoms. The molecule has 1 amide bonds. The Morgan fingerprint density at radius 2 is 1.96 bits per heavy atom. The largest absolute Gasteiger partial charge is 0.490 e. The van der Waals surface area contributed by atoms with Crippen molar-refractivity contribution in [1.82, 2.24) is 4.90 Å². The molecule has 0 aliphatic carbocycles. The summed E-state index contributed by atoms with van der Waals surface area (Å²) in [5.74, 6) is 1.03. The first-order chi connectivity index (χ1) is 12.6. The van der Waals surface area contributed by atoms with Crippen molar-refractivity contribution >= 4 is 34.6 Å². The van der Waals surface area contributed by atoms with E-state index in [-0.39, 0.29) is 17.8 Å². The fourth-order valence-corrected chi connectivity index (χ4v) is 3.95. The van der Waals surface area contributed by atoms with Crippen LogP contribution in [-0.4, -0.2) is 35.8 Å². The standard InChI is InChI=1S/C20H22ClNO3S/c21-15-4-1-5-17(14-15)25-16-9-11-22(12-10-16)20(24)8-2-6-18(23)19-7-3-13-26-19/h1,3-5,7,13-14,16H,2,6,8-12H2. The molecule has 4 nitrogen and oxygen atoms in total. The lowest BCUT2D eigenvalue weighted by atomic mass is 10.1. The SMILES string of the molecule is O=C(CCCC(=O)N1CCC(Oc2cccc(Cl)c2)CC1)c1cccs1. The molecule has 1 aliphatic heterocycles.